The number of thiophene rings is 1. The van der Waals surface area contributed by atoms with Crippen LogP contribution in [0.4, 0.5) is 4.79 Å². The number of nitrogens with one attached hydrogen (secondary N) is 2. The smallest absolute Gasteiger partial charge is 0.315 e. The lowest BCUT2D eigenvalue weighted by molar-refractivity contribution is 0.220. The summed E-state index contributed by atoms with van der Waals surface area (Å²) in [6.45, 7) is 4.82. The van der Waals surface area contributed by atoms with E-state index >= 15 is 0 Å². The van der Waals surface area contributed by atoms with E-state index in [4.69, 9.17) is 0 Å². The zero-order valence-electron chi connectivity index (χ0n) is 13.9. The van der Waals surface area contributed by atoms with Gasteiger partial charge in [0.05, 0.1) is 12.1 Å². The third-order valence-electron chi connectivity index (χ3n) is 4.44. The maximum Gasteiger partial charge on any atom is 0.315 e. The number of pyridine rings is 1. The number of carbonyl (C=O) groups excluding carboxylic acids is 1. The number of urea groups is 1. The number of nitrogens with zero attached hydrogens (tertiary/aromatic N) is 2. The number of hydrogen-bond donors (Lipinski definition) is 2. The Morgan fingerprint density at radius 2 is 2.17 bits per heavy atom. The minimum absolute atomic E-state index is 0.0642. The van der Waals surface area contributed by atoms with Crippen LogP contribution in [-0.4, -0.2) is 35.5 Å². The van der Waals surface area contributed by atoms with Gasteiger partial charge in [-0.05, 0) is 55.9 Å². The molecule has 2 atom stereocenters. The maximum absolute atomic E-state index is 12.3. The Morgan fingerprint density at radius 1 is 1.33 bits per heavy atom. The highest BCUT2D eigenvalue weighted by Gasteiger charge is 2.24. The van der Waals surface area contributed by atoms with E-state index in [1.165, 1.54) is 17.7 Å². The fourth-order valence-corrected chi connectivity index (χ4v) is 3.96. The molecule has 1 fully saturated rings. The molecule has 0 bridgehead atoms. The first kappa shape index (κ1) is 16.9. The summed E-state index contributed by atoms with van der Waals surface area (Å²) in [5, 5.41) is 8.13. The van der Waals surface area contributed by atoms with Gasteiger partial charge in [0.2, 0.25) is 0 Å². The fourth-order valence-electron chi connectivity index (χ4n) is 3.10. The van der Waals surface area contributed by atoms with E-state index in [0.29, 0.717) is 6.54 Å². The minimum Gasteiger partial charge on any atom is -0.336 e. The van der Waals surface area contributed by atoms with Crippen molar-refractivity contribution in [2.24, 2.45) is 0 Å². The van der Waals surface area contributed by atoms with E-state index in [1.807, 2.05) is 19.1 Å². The van der Waals surface area contributed by atoms with Crippen LogP contribution in [0.15, 0.2) is 42.0 Å². The molecule has 2 amide bonds. The molecule has 0 spiro atoms. The number of likely N-dealkylation sites (tertiary alicyclic amines) is 1. The van der Waals surface area contributed by atoms with E-state index in [-0.39, 0.29) is 18.1 Å². The Hall–Kier alpha value is -1.92. The lowest BCUT2D eigenvalue weighted by Gasteiger charge is -2.27. The van der Waals surface area contributed by atoms with Crippen molar-refractivity contribution in [3.63, 3.8) is 0 Å². The van der Waals surface area contributed by atoms with Crippen LogP contribution in [0.25, 0.3) is 0 Å². The highest BCUT2D eigenvalue weighted by Crippen LogP contribution is 2.27. The van der Waals surface area contributed by atoms with Gasteiger partial charge >= 0.3 is 6.03 Å². The molecule has 1 saturated heterocycles. The van der Waals surface area contributed by atoms with Crippen LogP contribution in [0.3, 0.4) is 0 Å². The largest absolute Gasteiger partial charge is 0.336 e. The molecule has 6 heteroatoms. The molecule has 2 aromatic heterocycles. The van der Waals surface area contributed by atoms with Crippen molar-refractivity contribution in [3.8, 4) is 0 Å². The van der Waals surface area contributed by atoms with Crippen molar-refractivity contribution in [2.75, 3.05) is 19.6 Å². The number of carbonyl (C=O) groups is 1. The maximum atomic E-state index is 12.3. The average Bonchev–Trinajstić information content (AvgIpc) is 3.30. The summed E-state index contributed by atoms with van der Waals surface area (Å²) in [6.07, 6.45) is 6.00. The van der Waals surface area contributed by atoms with Gasteiger partial charge < -0.3 is 10.6 Å². The van der Waals surface area contributed by atoms with E-state index in [9.17, 15) is 4.79 Å². The molecule has 2 N–H and O–H groups in total. The van der Waals surface area contributed by atoms with Gasteiger partial charge in [-0.1, -0.05) is 12.1 Å². The molecule has 2 aromatic rings. The first-order valence-corrected chi connectivity index (χ1v) is 9.34. The van der Waals surface area contributed by atoms with Crippen molar-refractivity contribution < 1.29 is 4.79 Å². The molecule has 24 heavy (non-hydrogen) atoms. The fraction of sp³-hybridized carbons (Fsp3) is 0.444. The highest BCUT2D eigenvalue weighted by molar-refractivity contribution is 7.10. The Morgan fingerprint density at radius 3 is 2.83 bits per heavy atom. The quantitative estimate of drug-likeness (QED) is 0.845. The SMILES string of the molecule is C[C@@H](NC(=O)NC[C@@H](c1cccs1)N1CCCC1)c1cccnc1. The minimum atomic E-state index is -0.132. The zero-order chi connectivity index (χ0) is 16.8. The van der Waals surface area contributed by atoms with Gasteiger partial charge in [0.1, 0.15) is 0 Å². The van der Waals surface area contributed by atoms with Crippen LogP contribution in [0.1, 0.15) is 42.3 Å². The van der Waals surface area contributed by atoms with Gasteiger partial charge in [0.25, 0.3) is 0 Å². The third-order valence-corrected chi connectivity index (χ3v) is 5.41. The molecule has 0 unspecified atom stereocenters. The first-order chi connectivity index (χ1) is 11.7. The molecule has 0 saturated carbocycles. The topological polar surface area (TPSA) is 57.3 Å². The summed E-state index contributed by atoms with van der Waals surface area (Å²) >= 11 is 1.76. The van der Waals surface area contributed by atoms with Crippen LogP contribution in [0, 0.1) is 0 Å². The molecule has 0 radical (unpaired) electrons. The van der Waals surface area contributed by atoms with Crippen molar-refractivity contribution in [2.45, 2.75) is 31.8 Å². The second-order valence-corrected chi connectivity index (χ2v) is 7.12. The molecule has 3 heterocycles. The van der Waals surface area contributed by atoms with Gasteiger partial charge in [-0.15, -0.1) is 11.3 Å². The zero-order valence-corrected chi connectivity index (χ0v) is 14.8. The molecule has 1 aliphatic heterocycles. The molecule has 1 aliphatic rings. The lowest BCUT2D eigenvalue weighted by Crippen LogP contribution is -2.42. The summed E-state index contributed by atoms with van der Waals surface area (Å²) in [5.74, 6) is 0. The predicted octanol–water partition coefficient (Wildman–Crippen LogP) is 3.34. The average molecular weight is 344 g/mol. The Kier molecular flexibility index (Phi) is 5.82. The van der Waals surface area contributed by atoms with E-state index in [0.717, 1.165) is 18.7 Å². The van der Waals surface area contributed by atoms with Crippen LogP contribution in [0.5, 0.6) is 0 Å². The number of amides is 2. The molecule has 3 rings (SSSR count). The monoisotopic (exact) mass is 344 g/mol. The summed E-state index contributed by atoms with van der Waals surface area (Å²) in [5.41, 5.74) is 1.00. The molecule has 0 aliphatic carbocycles. The molecule has 5 nitrogen and oxygen atoms in total. The second kappa shape index (κ2) is 8.26. The highest BCUT2D eigenvalue weighted by atomic mass is 32.1. The lowest BCUT2D eigenvalue weighted by atomic mass is 10.1. The third kappa shape index (κ3) is 4.33. The molecule has 128 valence electrons. The van der Waals surface area contributed by atoms with Gasteiger partial charge in [-0.3, -0.25) is 9.88 Å². The number of rotatable bonds is 6. The van der Waals surface area contributed by atoms with Gasteiger partial charge in [-0.2, -0.15) is 0 Å². The Labute approximate surface area is 147 Å². The standard InChI is InChI=1S/C18H24N4OS/c1-14(15-6-4-8-19-12-15)21-18(23)20-13-16(17-7-5-11-24-17)22-9-2-3-10-22/h4-8,11-12,14,16H,2-3,9-10,13H2,1H3,(H2,20,21,23)/t14-,16+/m1/s1. The Balaban J connectivity index is 1.55. The normalized spacial score (nSPS) is 17.4. The van der Waals surface area contributed by atoms with Crippen molar-refractivity contribution in [1.82, 2.24) is 20.5 Å². The summed E-state index contributed by atoms with van der Waals surface area (Å²) in [7, 11) is 0. The van der Waals surface area contributed by atoms with Gasteiger partial charge in [-0.25, -0.2) is 4.79 Å². The number of hydrogen-bond acceptors (Lipinski definition) is 4. The van der Waals surface area contributed by atoms with Gasteiger partial charge in [0, 0.05) is 23.8 Å². The van der Waals surface area contributed by atoms with Crippen LogP contribution >= 0.6 is 11.3 Å². The summed E-state index contributed by atoms with van der Waals surface area (Å²) in [4.78, 5) is 20.1. The Bertz CT molecular complexity index is 626. The number of aromatic nitrogens is 1. The molecule has 0 aromatic carbocycles. The van der Waals surface area contributed by atoms with Crippen LogP contribution in [-0.2, 0) is 0 Å². The molecular weight excluding hydrogens is 320 g/mol. The first-order valence-electron chi connectivity index (χ1n) is 8.46. The summed E-state index contributed by atoms with van der Waals surface area (Å²) in [6, 6.07) is 8.16. The van der Waals surface area contributed by atoms with E-state index in [2.05, 4.69) is 38.0 Å². The second-order valence-electron chi connectivity index (χ2n) is 6.14. The van der Waals surface area contributed by atoms with Crippen LogP contribution in [0.2, 0.25) is 0 Å². The van der Waals surface area contributed by atoms with Crippen LogP contribution < -0.4 is 10.6 Å². The summed E-state index contributed by atoms with van der Waals surface area (Å²) < 4.78 is 0. The van der Waals surface area contributed by atoms with E-state index < -0.39 is 0 Å². The van der Waals surface area contributed by atoms with Gasteiger partial charge in [0.15, 0.2) is 0 Å². The molecular formula is C18H24N4OS. The van der Waals surface area contributed by atoms with E-state index in [1.54, 1.807) is 23.7 Å². The van der Waals surface area contributed by atoms with Crippen molar-refractivity contribution in [1.29, 1.82) is 0 Å². The van der Waals surface area contributed by atoms with Crippen molar-refractivity contribution >= 4 is 17.4 Å². The van der Waals surface area contributed by atoms with Crippen molar-refractivity contribution in [3.05, 3.63) is 52.5 Å². The predicted molar refractivity (Wildman–Crippen MR) is 97.1 cm³/mol.